The molecule has 2 aromatic rings. The van der Waals surface area contributed by atoms with Crippen molar-refractivity contribution in [2.24, 2.45) is 0 Å². The van der Waals surface area contributed by atoms with Crippen LogP contribution in [0, 0.1) is 0 Å². The largest absolute Gasteiger partial charge is 0.419 e. The number of nitrogens with one attached hydrogen (secondary N) is 1. The first-order valence-electron chi connectivity index (χ1n) is 4.91. The monoisotopic (exact) mass is 311 g/mol. The molecule has 9 heteroatoms. The molecule has 0 amide bonds. The van der Waals surface area contributed by atoms with Crippen molar-refractivity contribution in [2.75, 3.05) is 12.4 Å². The molecule has 0 unspecified atom stereocenters. The molecule has 0 aliphatic rings. The van der Waals surface area contributed by atoms with Gasteiger partial charge in [0.05, 0.1) is 21.2 Å². The van der Waals surface area contributed by atoms with E-state index >= 15 is 0 Å². The molecule has 1 aromatic carbocycles. The van der Waals surface area contributed by atoms with Gasteiger partial charge in [-0.2, -0.15) is 13.2 Å². The molecule has 19 heavy (non-hydrogen) atoms. The maximum Gasteiger partial charge on any atom is 0.419 e. The number of hydrogen-bond donors (Lipinski definition) is 1. The van der Waals surface area contributed by atoms with Crippen LogP contribution in [-0.2, 0) is 6.18 Å². The zero-order valence-electron chi connectivity index (χ0n) is 9.35. The summed E-state index contributed by atoms with van der Waals surface area (Å²) >= 11 is 11.3. The van der Waals surface area contributed by atoms with E-state index in [0.29, 0.717) is 0 Å². The summed E-state index contributed by atoms with van der Waals surface area (Å²) in [5.41, 5.74) is -1.16. The van der Waals surface area contributed by atoms with Crippen molar-refractivity contribution in [3.8, 4) is 11.5 Å². The van der Waals surface area contributed by atoms with E-state index in [4.69, 9.17) is 27.6 Å². The van der Waals surface area contributed by atoms with E-state index in [1.54, 1.807) is 0 Å². The van der Waals surface area contributed by atoms with Gasteiger partial charge < -0.3 is 9.73 Å². The van der Waals surface area contributed by atoms with Crippen molar-refractivity contribution in [3.63, 3.8) is 0 Å². The van der Waals surface area contributed by atoms with Crippen LogP contribution in [0.5, 0.6) is 0 Å². The van der Waals surface area contributed by atoms with Gasteiger partial charge in [-0.15, -0.1) is 5.10 Å². The van der Waals surface area contributed by atoms with Crippen LogP contribution in [-0.4, -0.2) is 17.2 Å². The second-order valence-electron chi connectivity index (χ2n) is 3.44. The predicted octanol–water partition coefficient (Wildman–Crippen LogP) is 4.10. The van der Waals surface area contributed by atoms with E-state index in [-0.39, 0.29) is 17.5 Å². The molecule has 0 spiro atoms. The minimum absolute atomic E-state index is 0.0348. The summed E-state index contributed by atoms with van der Waals surface area (Å²) in [6.07, 6.45) is -4.67. The van der Waals surface area contributed by atoms with Crippen molar-refractivity contribution in [3.05, 3.63) is 27.7 Å². The van der Waals surface area contributed by atoms with Crippen LogP contribution >= 0.6 is 23.2 Å². The minimum Gasteiger partial charge on any atom is -0.403 e. The standard InChI is InChI=1S/C10H6Cl2F3N3O/c1-16-9-18-17-8(19-9)4-2-3-5(11)6(7(4)12)10(13,14)15/h2-3H,1H3,(H,16,18). The number of rotatable bonds is 2. The molecule has 1 N–H and O–H groups in total. The van der Waals surface area contributed by atoms with Gasteiger partial charge in [-0.05, 0) is 12.1 Å². The van der Waals surface area contributed by atoms with Crippen LogP contribution in [0.2, 0.25) is 10.0 Å². The Morgan fingerprint density at radius 3 is 2.42 bits per heavy atom. The van der Waals surface area contributed by atoms with Gasteiger partial charge in [-0.1, -0.05) is 28.3 Å². The van der Waals surface area contributed by atoms with Crippen LogP contribution in [0.15, 0.2) is 16.5 Å². The highest BCUT2D eigenvalue weighted by Crippen LogP contribution is 2.43. The normalized spacial score (nSPS) is 11.7. The lowest BCUT2D eigenvalue weighted by molar-refractivity contribution is -0.137. The molecule has 2 rings (SSSR count). The topological polar surface area (TPSA) is 51.0 Å². The summed E-state index contributed by atoms with van der Waals surface area (Å²) < 4.78 is 43.6. The number of hydrogen-bond acceptors (Lipinski definition) is 4. The van der Waals surface area contributed by atoms with Gasteiger partial charge in [0.1, 0.15) is 0 Å². The predicted molar refractivity (Wildman–Crippen MR) is 64.3 cm³/mol. The number of alkyl halides is 3. The molecule has 102 valence electrons. The molecule has 1 aromatic heterocycles. The second kappa shape index (κ2) is 4.90. The smallest absolute Gasteiger partial charge is 0.403 e. The van der Waals surface area contributed by atoms with Gasteiger partial charge in [-0.25, -0.2) is 0 Å². The number of aromatic nitrogens is 2. The summed E-state index contributed by atoms with van der Waals surface area (Å²) in [4.78, 5) is 0. The van der Waals surface area contributed by atoms with Crippen molar-refractivity contribution >= 4 is 29.2 Å². The Bertz CT molecular complexity index is 613. The zero-order chi connectivity index (χ0) is 14.2. The van der Waals surface area contributed by atoms with E-state index in [0.717, 1.165) is 6.07 Å². The molecule has 0 saturated carbocycles. The van der Waals surface area contributed by atoms with Crippen LogP contribution < -0.4 is 5.32 Å². The molecule has 0 radical (unpaired) electrons. The lowest BCUT2D eigenvalue weighted by atomic mass is 10.1. The number of benzene rings is 1. The van der Waals surface area contributed by atoms with Gasteiger partial charge in [0.15, 0.2) is 0 Å². The van der Waals surface area contributed by atoms with Gasteiger partial charge in [-0.3, -0.25) is 0 Å². The van der Waals surface area contributed by atoms with Crippen LogP contribution in [0.25, 0.3) is 11.5 Å². The average Bonchev–Trinajstić information content (AvgIpc) is 2.75. The Labute approximate surface area is 115 Å². The summed E-state index contributed by atoms with van der Waals surface area (Å²) in [7, 11) is 1.53. The van der Waals surface area contributed by atoms with E-state index in [1.165, 1.54) is 13.1 Å². The fourth-order valence-corrected chi connectivity index (χ4v) is 2.08. The number of nitrogens with zero attached hydrogens (tertiary/aromatic N) is 2. The molecule has 0 atom stereocenters. The Kier molecular flexibility index (Phi) is 3.60. The molecule has 4 nitrogen and oxygen atoms in total. The lowest BCUT2D eigenvalue weighted by Gasteiger charge is -2.12. The summed E-state index contributed by atoms with van der Waals surface area (Å²) in [6.45, 7) is 0. The van der Waals surface area contributed by atoms with Gasteiger partial charge in [0, 0.05) is 7.05 Å². The van der Waals surface area contributed by atoms with E-state index in [2.05, 4.69) is 15.5 Å². The summed E-state index contributed by atoms with van der Waals surface area (Å²) in [6, 6.07) is 2.43. The Morgan fingerprint density at radius 1 is 1.21 bits per heavy atom. The van der Waals surface area contributed by atoms with Crippen LogP contribution in [0.1, 0.15) is 5.56 Å². The molecular formula is C10H6Cl2F3N3O. The highest BCUT2D eigenvalue weighted by Gasteiger charge is 2.37. The third-order valence-electron chi connectivity index (χ3n) is 2.24. The van der Waals surface area contributed by atoms with Crippen molar-refractivity contribution in [1.29, 1.82) is 0 Å². The zero-order valence-corrected chi connectivity index (χ0v) is 10.9. The van der Waals surface area contributed by atoms with Crippen molar-refractivity contribution in [2.45, 2.75) is 6.18 Å². The Balaban J connectivity index is 2.60. The first-order chi connectivity index (χ1) is 8.84. The molecule has 0 saturated heterocycles. The third-order valence-corrected chi connectivity index (χ3v) is 2.95. The van der Waals surface area contributed by atoms with E-state index in [1.807, 2.05) is 0 Å². The van der Waals surface area contributed by atoms with Crippen molar-refractivity contribution < 1.29 is 17.6 Å². The Morgan fingerprint density at radius 2 is 1.89 bits per heavy atom. The van der Waals surface area contributed by atoms with Gasteiger partial charge >= 0.3 is 12.2 Å². The molecule has 0 aliphatic carbocycles. The Hall–Kier alpha value is -1.47. The van der Waals surface area contributed by atoms with Gasteiger partial charge in [0.2, 0.25) is 0 Å². The molecule has 0 fully saturated rings. The quantitative estimate of drug-likeness (QED) is 0.907. The third kappa shape index (κ3) is 2.62. The highest BCUT2D eigenvalue weighted by molar-refractivity contribution is 6.37. The van der Waals surface area contributed by atoms with Crippen molar-refractivity contribution in [1.82, 2.24) is 10.2 Å². The first kappa shape index (κ1) is 14.0. The lowest BCUT2D eigenvalue weighted by Crippen LogP contribution is -2.07. The average molecular weight is 312 g/mol. The fraction of sp³-hybridized carbons (Fsp3) is 0.200. The second-order valence-corrected chi connectivity index (χ2v) is 4.23. The number of halogens is 5. The maximum atomic E-state index is 12.8. The fourth-order valence-electron chi connectivity index (χ4n) is 1.41. The number of anilines is 1. The molecular weight excluding hydrogens is 306 g/mol. The van der Waals surface area contributed by atoms with E-state index < -0.39 is 21.8 Å². The SMILES string of the molecule is CNc1nnc(-c2ccc(Cl)c(C(F)(F)F)c2Cl)o1. The van der Waals surface area contributed by atoms with E-state index in [9.17, 15) is 13.2 Å². The minimum atomic E-state index is -4.67. The molecule has 0 aliphatic heterocycles. The maximum absolute atomic E-state index is 12.8. The van der Waals surface area contributed by atoms with Gasteiger partial charge in [0.25, 0.3) is 5.89 Å². The molecule has 0 bridgehead atoms. The summed E-state index contributed by atoms with van der Waals surface area (Å²) in [5, 5.41) is 8.66. The van der Waals surface area contributed by atoms with Crippen LogP contribution in [0.3, 0.4) is 0 Å². The first-order valence-corrected chi connectivity index (χ1v) is 5.67. The highest BCUT2D eigenvalue weighted by atomic mass is 35.5. The van der Waals surface area contributed by atoms with Crippen LogP contribution in [0.4, 0.5) is 19.2 Å². The summed E-state index contributed by atoms with van der Waals surface area (Å²) in [5.74, 6) is -0.128. The molecule has 1 heterocycles.